The van der Waals surface area contributed by atoms with Crippen LogP contribution in [-0.4, -0.2) is 33.6 Å². The molecule has 124 valence electrons. The summed E-state index contributed by atoms with van der Waals surface area (Å²) in [4.78, 5) is 18.2. The Labute approximate surface area is 138 Å². The monoisotopic (exact) mass is 337 g/mol. The van der Waals surface area contributed by atoms with Crippen LogP contribution in [0.2, 0.25) is 0 Å². The molecule has 1 aromatic heterocycles. The lowest BCUT2D eigenvalue weighted by molar-refractivity contribution is 0.00191. The van der Waals surface area contributed by atoms with Gasteiger partial charge in [-0.1, -0.05) is 19.8 Å². The summed E-state index contributed by atoms with van der Waals surface area (Å²) in [5.41, 5.74) is 0.819. The molecular formula is C16H20FN3O2S. The molecule has 5 nitrogen and oxygen atoms in total. The second-order valence-corrected chi connectivity index (χ2v) is 6.96. The number of aliphatic hydroxyl groups excluding tert-OH is 1. The van der Waals surface area contributed by atoms with E-state index in [1.165, 1.54) is 12.1 Å². The van der Waals surface area contributed by atoms with Crippen molar-refractivity contribution < 1.29 is 14.3 Å². The van der Waals surface area contributed by atoms with Crippen LogP contribution in [0.1, 0.15) is 43.0 Å². The van der Waals surface area contributed by atoms with Crippen LogP contribution < -0.4 is 5.32 Å². The number of hydrogen-bond donors (Lipinski definition) is 4. The van der Waals surface area contributed by atoms with Crippen molar-refractivity contribution in [1.82, 2.24) is 15.3 Å². The second kappa shape index (κ2) is 6.05. The normalized spacial score (nSPS) is 24.7. The van der Waals surface area contributed by atoms with Crippen molar-refractivity contribution in [2.75, 3.05) is 6.54 Å². The molecule has 1 heterocycles. The van der Waals surface area contributed by atoms with Gasteiger partial charge in [0.2, 0.25) is 0 Å². The van der Waals surface area contributed by atoms with Gasteiger partial charge in [0.15, 0.2) is 4.77 Å². The van der Waals surface area contributed by atoms with Gasteiger partial charge in [0, 0.05) is 12.0 Å². The molecule has 0 aliphatic heterocycles. The van der Waals surface area contributed by atoms with E-state index in [-0.39, 0.29) is 16.9 Å². The van der Waals surface area contributed by atoms with Gasteiger partial charge in [-0.2, -0.15) is 0 Å². The number of amides is 1. The Kier molecular flexibility index (Phi) is 4.25. The summed E-state index contributed by atoms with van der Waals surface area (Å²) in [6.07, 6.45) is 3.23. The molecule has 0 spiro atoms. The Balaban J connectivity index is 1.82. The van der Waals surface area contributed by atoms with E-state index < -0.39 is 11.9 Å². The fourth-order valence-electron chi connectivity index (χ4n) is 3.25. The zero-order valence-corrected chi connectivity index (χ0v) is 13.7. The summed E-state index contributed by atoms with van der Waals surface area (Å²) in [6, 6.07) is 2.49. The largest absolute Gasteiger partial charge is 0.392 e. The number of carbonyl (C=O) groups is 1. The first-order valence-corrected chi connectivity index (χ1v) is 8.18. The molecule has 1 amide bonds. The van der Waals surface area contributed by atoms with Gasteiger partial charge in [-0.3, -0.25) is 4.79 Å². The number of aromatic nitrogens is 2. The number of carbonyl (C=O) groups excluding carboxylic acids is 1. The number of rotatable bonds is 3. The summed E-state index contributed by atoms with van der Waals surface area (Å²) in [7, 11) is 0. The molecule has 1 aliphatic carbocycles. The number of nitrogens with one attached hydrogen (secondary N) is 3. The van der Waals surface area contributed by atoms with Crippen LogP contribution in [-0.2, 0) is 0 Å². The molecular weight excluding hydrogens is 317 g/mol. The fraction of sp³-hybridized carbons (Fsp3) is 0.500. The van der Waals surface area contributed by atoms with Crippen LogP contribution in [0.15, 0.2) is 12.1 Å². The summed E-state index contributed by atoms with van der Waals surface area (Å²) < 4.78 is 14.1. The van der Waals surface area contributed by atoms with Crippen molar-refractivity contribution in [2.45, 2.75) is 38.7 Å². The van der Waals surface area contributed by atoms with Gasteiger partial charge >= 0.3 is 0 Å². The molecule has 2 aromatic rings. The molecule has 1 aliphatic rings. The molecule has 0 unspecified atom stereocenters. The molecule has 0 bridgehead atoms. The number of aliphatic hydroxyl groups is 1. The molecule has 23 heavy (non-hydrogen) atoms. The standard InChI is InChI=1S/C16H20FN3O2S/c1-16(5-3-2-4-12(16)21)8-18-14(22)10-6-9(17)7-11-13(10)20-15(23)19-11/h6-7,12,21H,2-5,8H2,1H3,(H,18,22)(H2,19,20,23)/t12-,16-/m0/s1. The number of H-pyrrole nitrogens is 2. The first-order valence-electron chi connectivity index (χ1n) is 7.77. The lowest BCUT2D eigenvalue weighted by atomic mass is 9.73. The Hall–Kier alpha value is -1.73. The topological polar surface area (TPSA) is 80.9 Å². The summed E-state index contributed by atoms with van der Waals surface area (Å²) >= 11 is 5.00. The van der Waals surface area contributed by atoms with E-state index in [9.17, 15) is 14.3 Å². The van der Waals surface area contributed by atoms with E-state index in [1.54, 1.807) is 0 Å². The summed E-state index contributed by atoms with van der Waals surface area (Å²) in [6.45, 7) is 2.33. The highest BCUT2D eigenvalue weighted by Gasteiger charge is 2.35. The molecule has 0 saturated heterocycles. The van der Waals surface area contributed by atoms with Crippen LogP contribution in [0.3, 0.4) is 0 Å². The molecule has 1 saturated carbocycles. The zero-order chi connectivity index (χ0) is 16.6. The van der Waals surface area contributed by atoms with Crippen molar-refractivity contribution in [1.29, 1.82) is 0 Å². The number of imidazole rings is 1. The lowest BCUT2D eigenvalue weighted by Crippen LogP contribution is -2.45. The van der Waals surface area contributed by atoms with Crippen molar-refractivity contribution >= 4 is 29.2 Å². The van der Waals surface area contributed by atoms with Crippen LogP contribution in [0, 0.1) is 16.0 Å². The SMILES string of the molecule is C[C@@]1(CNC(=O)c2cc(F)cc3[nH]c(=S)[nH]c23)CCCC[C@@H]1O. The number of benzene rings is 1. The van der Waals surface area contributed by atoms with Gasteiger partial charge in [-0.05, 0) is 37.2 Å². The molecule has 1 aromatic carbocycles. The highest BCUT2D eigenvalue weighted by atomic mass is 32.1. The fourth-order valence-corrected chi connectivity index (χ4v) is 3.46. The average Bonchev–Trinajstić information content (AvgIpc) is 2.87. The van der Waals surface area contributed by atoms with E-state index in [2.05, 4.69) is 15.3 Å². The maximum atomic E-state index is 13.7. The average molecular weight is 337 g/mol. The molecule has 0 radical (unpaired) electrons. The zero-order valence-electron chi connectivity index (χ0n) is 12.9. The number of fused-ring (bicyclic) bond motifs is 1. The van der Waals surface area contributed by atoms with Crippen LogP contribution in [0.4, 0.5) is 4.39 Å². The van der Waals surface area contributed by atoms with Gasteiger partial charge in [-0.15, -0.1) is 0 Å². The van der Waals surface area contributed by atoms with Gasteiger partial charge in [-0.25, -0.2) is 4.39 Å². The third-order valence-corrected chi connectivity index (χ3v) is 4.97. The third-order valence-electron chi connectivity index (χ3n) is 4.77. The van der Waals surface area contributed by atoms with Crippen LogP contribution in [0.5, 0.6) is 0 Å². The Morgan fingerprint density at radius 2 is 2.26 bits per heavy atom. The van der Waals surface area contributed by atoms with Crippen molar-refractivity contribution in [3.05, 3.63) is 28.3 Å². The summed E-state index contributed by atoms with van der Waals surface area (Å²) in [5.74, 6) is -0.879. The number of aromatic amines is 2. The van der Waals surface area contributed by atoms with Crippen molar-refractivity contribution in [2.24, 2.45) is 5.41 Å². The maximum absolute atomic E-state index is 13.7. The van der Waals surface area contributed by atoms with Crippen LogP contribution in [0.25, 0.3) is 11.0 Å². The van der Waals surface area contributed by atoms with Gasteiger partial charge in [0.05, 0.1) is 22.7 Å². The first kappa shape index (κ1) is 16.1. The molecule has 4 N–H and O–H groups in total. The van der Waals surface area contributed by atoms with Crippen molar-refractivity contribution in [3.63, 3.8) is 0 Å². The number of hydrogen-bond acceptors (Lipinski definition) is 3. The summed E-state index contributed by atoms with van der Waals surface area (Å²) in [5, 5.41) is 13.0. The quantitative estimate of drug-likeness (QED) is 0.650. The Morgan fingerprint density at radius 3 is 3.00 bits per heavy atom. The van der Waals surface area contributed by atoms with E-state index in [1.807, 2.05) is 6.92 Å². The molecule has 1 fully saturated rings. The smallest absolute Gasteiger partial charge is 0.253 e. The van der Waals surface area contributed by atoms with Crippen molar-refractivity contribution in [3.8, 4) is 0 Å². The van der Waals surface area contributed by atoms with E-state index in [0.29, 0.717) is 22.3 Å². The number of halogens is 1. The minimum Gasteiger partial charge on any atom is -0.392 e. The Bertz CT molecular complexity index is 800. The minimum absolute atomic E-state index is 0.209. The second-order valence-electron chi connectivity index (χ2n) is 6.55. The van der Waals surface area contributed by atoms with Gasteiger partial charge in [0.25, 0.3) is 5.91 Å². The van der Waals surface area contributed by atoms with E-state index in [4.69, 9.17) is 12.2 Å². The van der Waals surface area contributed by atoms with E-state index >= 15 is 0 Å². The predicted molar refractivity (Wildman–Crippen MR) is 88.4 cm³/mol. The van der Waals surface area contributed by atoms with Gasteiger partial charge < -0.3 is 20.4 Å². The maximum Gasteiger partial charge on any atom is 0.253 e. The molecule has 7 heteroatoms. The highest BCUT2D eigenvalue weighted by molar-refractivity contribution is 7.71. The van der Waals surface area contributed by atoms with Gasteiger partial charge in [0.1, 0.15) is 5.82 Å². The molecule has 2 atom stereocenters. The predicted octanol–water partition coefficient (Wildman–Crippen LogP) is 3.04. The highest BCUT2D eigenvalue weighted by Crippen LogP contribution is 2.35. The van der Waals surface area contributed by atoms with E-state index in [0.717, 1.165) is 25.7 Å². The molecule has 3 rings (SSSR count). The van der Waals surface area contributed by atoms with Crippen LogP contribution >= 0.6 is 12.2 Å². The lowest BCUT2D eigenvalue weighted by Gasteiger charge is -2.38. The third kappa shape index (κ3) is 3.16. The first-order chi connectivity index (χ1) is 10.9. The minimum atomic E-state index is -0.503. The Morgan fingerprint density at radius 1 is 1.48 bits per heavy atom.